The van der Waals surface area contributed by atoms with Gasteiger partial charge in [-0.3, -0.25) is 4.90 Å². The quantitative estimate of drug-likeness (QED) is 0.565. The van der Waals surface area contributed by atoms with E-state index in [1.54, 1.807) is 0 Å². The Labute approximate surface area is 69.8 Å². The summed E-state index contributed by atoms with van der Waals surface area (Å²) in [5, 5.41) is 8.46. The maximum atomic E-state index is 8.46. The van der Waals surface area contributed by atoms with Gasteiger partial charge in [0, 0.05) is 6.54 Å². The standard InChI is InChI=1S/C9H18N2/c1-4-9(3)8-11(5-2)7-6-10/h9H,4-5,7-8H2,1-3H3. The normalized spacial score (nSPS) is 13.0. The van der Waals surface area contributed by atoms with Crippen molar-refractivity contribution in [1.29, 1.82) is 5.26 Å². The van der Waals surface area contributed by atoms with Crippen molar-refractivity contribution in [1.82, 2.24) is 4.90 Å². The Hall–Kier alpha value is -0.550. The van der Waals surface area contributed by atoms with E-state index in [4.69, 9.17) is 5.26 Å². The van der Waals surface area contributed by atoms with Gasteiger partial charge in [-0.15, -0.1) is 0 Å². The molecule has 0 aliphatic carbocycles. The molecule has 0 bridgehead atoms. The van der Waals surface area contributed by atoms with Crippen molar-refractivity contribution >= 4 is 0 Å². The molecule has 0 aromatic heterocycles. The van der Waals surface area contributed by atoms with Crippen molar-refractivity contribution < 1.29 is 0 Å². The Balaban J connectivity index is 3.60. The molecule has 0 spiro atoms. The minimum atomic E-state index is 0.570. The monoisotopic (exact) mass is 154 g/mol. The lowest BCUT2D eigenvalue weighted by Gasteiger charge is -2.20. The summed E-state index contributed by atoms with van der Waals surface area (Å²) in [4.78, 5) is 2.17. The first-order valence-corrected chi connectivity index (χ1v) is 4.33. The van der Waals surface area contributed by atoms with Crippen LogP contribution >= 0.6 is 0 Å². The third-order valence-corrected chi connectivity index (χ3v) is 2.01. The van der Waals surface area contributed by atoms with E-state index in [0.29, 0.717) is 12.5 Å². The molecule has 0 aliphatic rings. The van der Waals surface area contributed by atoms with Gasteiger partial charge in [-0.05, 0) is 12.5 Å². The lowest BCUT2D eigenvalue weighted by Crippen LogP contribution is -2.28. The molecule has 64 valence electrons. The van der Waals surface area contributed by atoms with Crippen LogP contribution in [0.25, 0.3) is 0 Å². The molecule has 0 aromatic rings. The van der Waals surface area contributed by atoms with Crippen molar-refractivity contribution in [3.8, 4) is 6.07 Å². The molecular weight excluding hydrogens is 136 g/mol. The Kier molecular flexibility index (Phi) is 5.87. The summed E-state index contributed by atoms with van der Waals surface area (Å²) in [6.45, 7) is 9.12. The number of nitriles is 1. The van der Waals surface area contributed by atoms with E-state index < -0.39 is 0 Å². The predicted octanol–water partition coefficient (Wildman–Crippen LogP) is 1.88. The fourth-order valence-electron chi connectivity index (χ4n) is 0.975. The molecule has 0 amide bonds. The van der Waals surface area contributed by atoms with Gasteiger partial charge in [0.05, 0.1) is 12.6 Å². The van der Waals surface area contributed by atoms with Gasteiger partial charge >= 0.3 is 0 Å². The topological polar surface area (TPSA) is 27.0 Å². The summed E-state index contributed by atoms with van der Waals surface area (Å²) < 4.78 is 0. The van der Waals surface area contributed by atoms with Crippen molar-refractivity contribution in [2.75, 3.05) is 19.6 Å². The van der Waals surface area contributed by atoms with Crippen LogP contribution in [0.1, 0.15) is 27.2 Å². The zero-order valence-electron chi connectivity index (χ0n) is 7.80. The average molecular weight is 154 g/mol. The van der Waals surface area contributed by atoms with Crippen LogP contribution < -0.4 is 0 Å². The molecule has 0 rings (SSSR count). The second-order valence-electron chi connectivity index (χ2n) is 3.00. The van der Waals surface area contributed by atoms with Gasteiger partial charge < -0.3 is 0 Å². The molecule has 0 fully saturated rings. The van der Waals surface area contributed by atoms with Crippen molar-refractivity contribution in [2.45, 2.75) is 27.2 Å². The minimum Gasteiger partial charge on any atom is -0.291 e. The number of hydrogen-bond donors (Lipinski definition) is 0. The molecule has 0 heterocycles. The molecule has 2 heteroatoms. The first-order valence-electron chi connectivity index (χ1n) is 4.33. The van der Waals surface area contributed by atoms with Gasteiger partial charge in [0.25, 0.3) is 0 Å². The smallest absolute Gasteiger partial charge is 0.0865 e. The van der Waals surface area contributed by atoms with Gasteiger partial charge in [0.1, 0.15) is 0 Å². The Morgan fingerprint density at radius 3 is 2.45 bits per heavy atom. The van der Waals surface area contributed by atoms with Crippen molar-refractivity contribution in [2.24, 2.45) is 5.92 Å². The van der Waals surface area contributed by atoms with Crippen LogP contribution in [0.15, 0.2) is 0 Å². The van der Waals surface area contributed by atoms with Crippen LogP contribution in [0.5, 0.6) is 0 Å². The highest BCUT2D eigenvalue weighted by molar-refractivity contribution is 4.76. The highest BCUT2D eigenvalue weighted by Crippen LogP contribution is 2.02. The summed E-state index contributed by atoms with van der Waals surface area (Å²) in [5.74, 6) is 0.711. The van der Waals surface area contributed by atoms with E-state index in [1.807, 2.05) is 0 Å². The Morgan fingerprint density at radius 1 is 1.45 bits per heavy atom. The SMILES string of the molecule is CCC(C)CN(CC)CC#N. The van der Waals surface area contributed by atoms with Crippen LogP contribution in [-0.4, -0.2) is 24.5 Å². The zero-order valence-corrected chi connectivity index (χ0v) is 7.80. The van der Waals surface area contributed by atoms with Crippen molar-refractivity contribution in [3.05, 3.63) is 0 Å². The maximum Gasteiger partial charge on any atom is 0.0865 e. The Bertz CT molecular complexity index is 126. The maximum absolute atomic E-state index is 8.46. The highest BCUT2D eigenvalue weighted by atomic mass is 15.1. The van der Waals surface area contributed by atoms with Crippen LogP contribution in [-0.2, 0) is 0 Å². The van der Waals surface area contributed by atoms with E-state index in [2.05, 4.69) is 31.7 Å². The van der Waals surface area contributed by atoms with Crippen LogP contribution in [0.2, 0.25) is 0 Å². The summed E-state index contributed by atoms with van der Waals surface area (Å²) in [6, 6.07) is 2.17. The second-order valence-corrected chi connectivity index (χ2v) is 3.00. The second kappa shape index (κ2) is 6.18. The number of hydrogen-bond acceptors (Lipinski definition) is 2. The lowest BCUT2D eigenvalue weighted by atomic mass is 10.1. The third kappa shape index (κ3) is 4.80. The van der Waals surface area contributed by atoms with E-state index >= 15 is 0 Å². The molecule has 0 saturated carbocycles. The molecule has 0 aliphatic heterocycles. The zero-order chi connectivity index (χ0) is 8.69. The minimum absolute atomic E-state index is 0.570. The fourth-order valence-corrected chi connectivity index (χ4v) is 0.975. The number of rotatable bonds is 5. The molecule has 11 heavy (non-hydrogen) atoms. The summed E-state index contributed by atoms with van der Waals surface area (Å²) in [6.07, 6.45) is 1.20. The lowest BCUT2D eigenvalue weighted by molar-refractivity contribution is 0.272. The molecule has 0 radical (unpaired) electrons. The first kappa shape index (κ1) is 10.4. The first-order chi connectivity index (χ1) is 5.24. The number of nitrogens with zero attached hydrogens (tertiary/aromatic N) is 2. The molecule has 0 aromatic carbocycles. The molecule has 2 nitrogen and oxygen atoms in total. The van der Waals surface area contributed by atoms with Gasteiger partial charge in [0.15, 0.2) is 0 Å². The third-order valence-electron chi connectivity index (χ3n) is 2.01. The van der Waals surface area contributed by atoms with E-state index in [9.17, 15) is 0 Å². The molecule has 0 N–H and O–H groups in total. The summed E-state index contributed by atoms with van der Waals surface area (Å²) >= 11 is 0. The van der Waals surface area contributed by atoms with E-state index in [0.717, 1.165) is 13.1 Å². The molecule has 1 atom stereocenters. The van der Waals surface area contributed by atoms with Gasteiger partial charge in [-0.25, -0.2) is 0 Å². The highest BCUT2D eigenvalue weighted by Gasteiger charge is 2.05. The van der Waals surface area contributed by atoms with Gasteiger partial charge in [-0.2, -0.15) is 5.26 Å². The predicted molar refractivity (Wildman–Crippen MR) is 47.2 cm³/mol. The summed E-state index contributed by atoms with van der Waals surface area (Å²) in [7, 11) is 0. The van der Waals surface area contributed by atoms with Crippen LogP contribution in [0.3, 0.4) is 0 Å². The van der Waals surface area contributed by atoms with Crippen LogP contribution in [0.4, 0.5) is 0 Å². The largest absolute Gasteiger partial charge is 0.291 e. The Morgan fingerprint density at radius 2 is 2.09 bits per heavy atom. The molecule has 0 saturated heterocycles. The van der Waals surface area contributed by atoms with Gasteiger partial charge in [0.2, 0.25) is 0 Å². The summed E-state index contributed by atoms with van der Waals surface area (Å²) in [5.41, 5.74) is 0. The van der Waals surface area contributed by atoms with Crippen molar-refractivity contribution in [3.63, 3.8) is 0 Å². The van der Waals surface area contributed by atoms with Crippen LogP contribution in [0, 0.1) is 17.2 Å². The van der Waals surface area contributed by atoms with Gasteiger partial charge in [-0.1, -0.05) is 27.2 Å². The average Bonchev–Trinajstić information content (AvgIpc) is 2.03. The fraction of sp³-hybridized carbons (Fsp3) is 0.889. The van der Waals surface area contributed by atoms with E-state index in [1.165, 1.54) is 6.42 Å². The molecule has 1 unspecified atom stereocenters. The van der Waals surface area contributed by atoms with E-state index in [-0.39, 0.29) is 0 Å². The molecular formula is C9H18N2.